The fraction of sp³-hybridized carbons (Fsp3) is 0.471. The van der Waals surface area contributed by atoms with Crippen LogP contribution in [0.2, 0.25) is 0 Å². The molecule has 7 nitrogen and oxygen atoms in total. The van der Waals surface area contributed by atoms with Gasteiger partial charge in [0, 0.05) is 37.3 Å². The maximum Gasteiger partial charge on any atom is 0.262 e. The number of hydrogen-bond acceptors (Lipinski definition) is 6. The monoisotopic (exact) mass is 395 g/mol. The first-order valence-corrected chi connectivity index (χ1v) is 11.0. The van der Waals surface area contributed by atoms with Crippen molar-refractivity contribution in [3.63, 3.8) is 0 Å². The molecule has 26 heavy (non-hydrogen) atoms. The summed E-state index contributed by atoms with van der Waals surface area (Å²) in [6.07, 6.45) is 2.33. The molecular formula is C17H21N3O4S2. The van der Waals surface area contributed by atoms with Gasteiger partial charge in [0.05, 0.1) is 0 Å². The summed E-state index contributed by atoms with van der Waals surface area (Å²) in [6, 6.07) is 5.97. The quantitative estimate of drug-likeness (QED) is 0.794. The third-order valence-electron chi connectivity index (χ3n) is 4.76. The second-order valence-corrected chi connectivity index (χ2v) is 9.60. The molecule has 0 aliphatic carbocycles. The molecule has 0 radical (unpaired) electrons. The molecule has 2 aliphatic rings. The highest BCUT2D eigenvalue weighted by Crippen LogP contribution is 2.40. The zero-order valence-electron chi connectivity index (χ0n) is 14.7. The molecule has 1 fully saturated rings. The van der Waals surface area contributed by atoms with Crippen LogP contribution in [0.25, 0.3) is 0 Å². The molecule has 9 heteroatoms. The first-order valence-electron chi connectivity index (χ1n) is 8.46. The Morgan fingerprint density at radius 2 is 2.04 bits per heavy atom. The highest BCUT2D eigenvalue weighted by molar-refractivity contribution is 7.99. The summed E-state index contributed by atoms with van der Waals surface area (Å²) in [4.78, 5) is 4.20. The number of aryl methyl sites for hydroxylation is 2. The summed E-state index contributed by atoms with van der Waals surface area (Å²) in [6.45, 7) is 3.02. The van der Waals surface area contributed by atoms with Gasteiger partial charge < -0.3 is 14.0 Å². The number of fused-ring (bicyclic) bond motifs is 1. The zero-order chi connectivity index (χ0) is 18.3. The minimum atomic E-state index is -3.56. The molecule has 3 heterocycles. The van der Waals surface area contributed by atoms with Crippen molar-refractivity contribution in [2.24, 2.45) is 7.05 Å². The second kappa shape index (κ2) is 6.79. The van der Waals surface area contributed by atoms with Crippen molar-refractivity contribution in [2.75, 3.05) is 25.6 Å². The second-order valence-electron chi connectivity index (χ2n) is 6.40. The van der Waals surface area contributed by atoms with Crippen molar-refractivity contribution >= 4 is 21.8 Å². The average Bonchev–Trinajstić information content (AvgIpc) is 3.12. The van der Waals surface area contributed by atoms with Crippen LogP contribution < -0.4 is 9.47 Å². The highest BCUT2D eigenvalue weighted by atomic mass is 32.2. The Bertz CT molecular complexity index is 907. The van der Waals surface area contributed by atoms with Gasteiger partial charge in [0.1, 0.15) is 5.82 Å². The lowest BCUT2D eigenvalue weighted by molar-refractivity contribution is 0.174. The Morgan fingerprint density at radius 3 is 2.81 bits per heavy atom. The average molecular weight is 396 g/mol. The summed E-state index contributed by atoms with van der Waals surface area (Å²) in [5, 5.41) is 0.360. The number of sulfonamides is 1. The van der Waals surface area contributed by atoms with E-state index in [1.807, 2.05) is 18.2 Å². The summed E-state index contributed by atoms with van der Waals surface area (Å²) < 4.78 is 39.9. The summed E-state index contributed by atoms with van der Waals surface area (Å²) in [7, 11) is -1.76. The number of ether oxygens (including phenoxy) is 2. The number of nitrogens with zero attached hydrogens (tertiary/aromatic N) is 3. The number of rotatable bonds is 3. The molecule has 4 rings (SSSR count). The molecule has 140 valence electrons. The fourth-order valence-electron chi connectivity index (χ4n) is 3.15. The summed E-state index contributed by atoms with van der Waals surface area (Å²) >= 11 is 1.78. The van der Waals surface area contributed by atoms with Gasteiger partial charge in [-0.2, -0.15) is 16.1 Å². The lowest BCUT2D eigenvalue weighted by Gasteiger charge is -2.18. The standard InChI is InChI=1S/C17H21N3O4S2/c1-12-18-17(10-19(12)2)26(21,22)20-6-5-16(25-8-7-20)13-3-4-14-15(9-13)24-11-23-14/h3-4,9-10,16H,5-8,11H2,1-2H3. The van der Waals surface area contributed by atoms with E-state index in [9.17, 15) is 8.42 Å². The largest absolute Gasteiger partial charge is 0.454 e. The van der Waals surface area contributed by atoms with E-state index in [0.29, 0.717) is 18.9 Å². The Labute approximate surface area is 157 Å². The Morgan fingerprint density at radius 1 is 1.23 bits per heavy atom. The van der Waals surface area contributed by atoms with Gasteiger partial charge in [-0.1, -0.05) is 6.07 Å². The molecule has 1 unspecified atom stereocenters. The van der Waals surface area contributed by atoms with Crippen LogP contribution in [0.4, 0.5) is 0 Å². The van der Waals surface area contributed by atoms with Crippen molar-refractivity contribution in [2.45, 2.75) is 23.6 Å². The lowest BCUT2D eigenvalue weighted by atomic mass is 10.1. The number of imidazole rings is 1. The van der Waals surface area contributed by atoms with Gasteiger partial charge in [-0.3, -0.25) is 0 Å². The molecule has 1 atom stereocenters. The van der Waals surface area contributed by atoms with E-state index in [1.54, 1.807) is 40.8 Å². The van der Waals surface area contributed by atoms with Crippen molar-refractivity contribution in [1.29, 1.82) is 0 Å². The minimum Gasteiger partial charge on any atom is -0.454 e. The van der Waals surface area contributed by atoms with E-state index >= 15 is 0 Å². The van der Waals surface area contributed by atoms with Crippen LogP contribution in [0.15, 0.2) is 29.4 Å². The third-order valence-corrected chi connectivity index (χ3v) is 7.86. The van der Waals surface area contributed by atoms with Gasteiger partial charge in [-0.25, -0.2) is 13.4 Å². The predicted molar refractivity (Wildman–Crippen MR) is 99.1 cm³/mol. The van der Waals surface area contributed by atoms with Crippen molar-refractivity contribution in [3.05, 3.63) is 35.8 Å². The van der Waals surface area contributed by atoms with E-state index in [0.717, 1.165) is 29.2 Å². The fourth-order valence-corrected chi connectivity index (χ4v) is 5.97. The maximum atomic E-state index is 12.9. The summed E-state index contributed by atoms with van der Waals surface area (Å²) in [5.41, 5.74) is 1.15. The van der Waals surface area contributed by atoms with Crippen LogP contribution in [0.3, 0.4) is 0 Å². The minimum absolute atomic E-state index is 0.129. The van der Waals surface area contributed by atoms with Gasteiger partial charge in [0.2, 0.25) is 6.79 Å². The van der Waals surface area contributed by atoms with Crippen molar-refractivity contribution in [3.8, 4) is 11.5 Å². The van der Waals surface area contributed by atoms with E-state index in [-0.39, 0.29) is 17.1 Å². The molecule has 2 aromatic rings. The van der Waals surface area contributed by atoms with Gasteiger partial charge in [0.25, 0.3) is 10.0 Å². The number of benzene rings is 1. The Kier molecular flexibility index (Phi) is 4.62. The smallest absolute Gasteiger partial charge is 0.262 e. The molecular weight excluding hydrogens is 374 g/mol. The predicted octanol–water partition coefficient (Wildman–Crippen LogP) is 2.33. The van der Waals surface area contributed by atoms with Crippen LogP contribution >= 0.6 is 11.8 Å². The maximum absolute atomic E-state index is 12.9. The van der Waals surface area contributed by atoms with E-state index in [1.165, 1.54) is 0 Å². The van der Waals surface area contributed by atoms with Gasteiger partial charge in [-0.15, -0.1) is 0 Å². The highest BCUT2D eigenvalue weighted by Gasteiger charge is 2.30. The molecule has 0 amide bonds. The summed E-state index contributed by atoms with van der Waals surface area (Å²) in [5.74, 6) is 2.96. The molecule has 0 N–H and O–H groups in total. The molecule has 1 aromatic carbocycles. The molecule has 0 bridgehead atoms. The number of thioether (sulfide) groups is 1. The zero-order valence-corrected chi connectivity index (χ0v) is 16.3. The number of hydrogen-bond donors (Lipinski definition) is 0. The van der Waals surface area contributed by atoms with E-state index in [2.05, 4.69) is 4.98 Å². The molecule has 1 saturated heterocycles. The molecule has 0 spiro atoms. The van der Waals surface area contributed by atoms with Crippen molar-refractivity contribution < 1.29 is 17.9 Å². The Hall–Kier alpha value is -1.71. The van der Waals surface area contributed by atoms with E-state index < -0.39 is 10.0 Å². The van der Waals surface area contributed by atoms with Gasteiger partial charge in [0.15, 0.2) is 16.5 Å². The topological polar surface area (TPSA) is 73.7 Å². The van der Waals surface area contributed by atoms with Crippen LogP contribution in [0.1, 0.15) is 23.1 Å². The van der Waals surface area contributed by atoms with Crippen molar-refractivity contribution in [1.82, 2.24) is 13.9 Å². The van der Waals surface area contributed by atoms with Crippen LogP contribution in [-0.4, -0.2) is 47.9 Å². The third kappa shape index (κ3) is 3.19. The van der Waals surface area contributed by atoms with E-state index in [4.69, 9.17) is 9.47 Å². The number of aromatic nitrogens is 2. The lowest BCUT2D eigenvalue weighted by Crippen LogP contribution is -2.33. The molecule has 1 aromatic heterocycles. The normalized spacial score (nSPS) is 20.9. The Balaban J connectivity index is 1.51. The molecule has 0 saturated carbocycles. The van der Waals surface area contributed by atoms with Gasteiger partial charge >= 0.3 is 0 Å². The first-order chi connectivity index (χ1) is 12.4. The van der Waals surface area contributed by atoms with Crippen LogP contribution in [0, 0.1) is 6.92 Å². The SMILES string of the molecule is Cc1nc(S(=O)(=O)N2CCSC(c3ccc4c(c3)OCO4)CC2)cn1C. The van der Waals surface area contributed by atoms with Crippen LogP contribution in [-0.2, 0) is 17.1 Å². The van der Waals surface area contributed by atoms with Gasteiger partial charge in [-0.05, 0) is 31.0 Å². The first kappa shape index (κ1) is 17.7. The molecule has 2 aliphatic heterocycles. The van der Waals surface area contributed by atoms with Crippen LogP contribution in [0.5, 0.6) is 11.5 Å².